The minimum Gasteiger partial charge on any atom is -0.469 e. The van der Waals surface area contributed by atoms with E-state index in [-0.39, 0.29) is 0 Å². The zero-order valence-electron chi connectivity index (χ0n) is 10.4. The largest absolute Gasteiger partial charge is 0.469 e. The second-order valence-electron chi connectivity index (χ2n) is 4.15. The van der Waals surface area contributed by atoms with E-state index < -0.39 is 0 Å². The summed E-state index contributed by atoms with van der Waals surface area (Å²) in [7, 11) is 1.82. The van der Waals surface area contributed by atoms with Gasteiger partial charge in [-0.3, -0.25) is 0 Å². The Bertz CT molecular complexity index is 773. The summed E-state index contributed by atoms with van der Waals surface area (Å²) in [6.45, 7) is 1.83. The first-order chi connectivity index (χ1) is 9.19. The fourth-order valence-corrected chi connectivity index (χ4v) is 1.89. The van der Waals surface area contributed by atoms with Gasteiger partial charge in [-0.05, 0) is 19.1 Å². The molecular formula is C13H10N4O2. The molecule has 3 rings (SSSR count). The minimum absolute atomic E-state index is 0.375. The highest BCUT2D eigenvalue weighted by Gasteiger charge is 2.16. The van der Waals surface area contributed by atoms with E-state index >= 15 is 0 Å². The maximum atomic E-state index is 8.87. The summed E-state index contributed by atoms with van der Waals surface area (Å²) in [6.07, 6.45) is 3.29. The third kappa shape index (κ3) is 1.81. The maximum absolute atomic E-state index is 8.87. The fraction of sp³-hybridized carbons (Fsp3) is 0.154. The number of aromatic nitrogens is 3. The van der Waals surface area contributed by atoms with Gasteiger partial charge in [-0.15, -0.1) is 0 Å². The van der Waals surface area contributed by atoms with Crippen molar-refractivity contribution in [2.24, 2.45) is 7.05 Å². The Morgan fingerprint density at radius 2 is 2.26 bits per heavy atom. The molecule has 0 unspecified atom stereocenters. The predicted molar refractivity (Wildman–Crippen MR) is 65.9 cm³/mol. The number of nitriles is 1. The van der Waals surface area contributed by atoms with E-state index in [1.54, 1.807) is 29.2 Å². The molecule has 0 atom stereocenters. The zero-order chi connectivity index (χ0) is 13.4. The molecule has 0 aliphatic rings. The third-order valence-electron chi connectivity index (χ3n) is 2.88. The minimum atomic E-state index is 0.375. The molecule has 0 bridgehead atoms. The first-order valence-corrected chi connectivity index (χ1v) is 5.64. The van der Waals surface area contributed by atoms with Gasteiger partial charge < -0.3 is 13.5 Å². The predicted octanol–water partition coefficient (Wildman–Crippen LogP) is 2.52. The van der Waals surface area contributed by atoms with Gasteiger partial charge in [-0.25, -0.2) is 0 Å². The Hall–Kier alpha value is -2.81. The van der Waals surface area contributed by atoms with E-state index in [2.05, 4.69) is 16.2 Å². The van der Waals surface area contributed by atoms with Crippen molar-refractivity contribution in [1.29, 1.82) is 5.26 Å². The Labute approximate surface area is 108 Å². The van der Waals surface area contributed by atoms with Gasteiger partial charge in [0.25, 0.3) is 5.89 Å². The molecule has 0 saturated carbocycles. The maximum Gasteiger partial charge on any atom is 0.274 e. The lowest BCUT2D eigenvalue weighted by molar-refractivity contribution is 0.429. The second kappa shape index (κ2) is 4.14. The molecular weight excluding hydrogens is 244 g/mol. The summed E-state index contributed by atoms with van der Waals surface area (Å²) in [5.74, 6) is 1.58. The first-order valence-electron chi connectivity index (χ1n) is 5.64. The summed E-state index contributed by atoms with van der Waals surface area (Å²) in [5, 5.41) is 12.8. The molecule has 19 heavy (non-hydrogen) atoms. The van der Waals surface area contributed by atoms with Crippen LogP contribution in [0.15, 0.2) is 33.5 Å². The molecule has 94 valence electrons. The summed E-state index contributed by atoms with van der Waals surface area (Å²) in [6, 6.07) is 5.57. The van der Waals surface area contributed by atoms with Crippen molar-refractivity contribution in [3.63, 3.8) is 0 Å². The molecule has 0 spiro atoms. The zero-order valence-corrected chi connectivity index (χ0v) is 10.4. The van der Waals surface area contributed by atoms with Crippen molar-refractivity contribution in [3.8, 4) is 29.0 Å². The van der Waals surface area contributed by atoms with Crippen molar-refractivity contribution in [1.82, 2.24) is 14.7 Å². The Morgan fingerprint density at radius 1 is 1.42 bits per heavy atom. The molecule has 0 fully saturated rings. The van der Waals surface area contributed by atoms with Crippen LogP contribution in [-0.4, -0.2) is 14.7 Å². The molecule has 0 aliphatic heterocycles. The van der Waals surface area contributed by atoms with Crippen LogP contribution in [0, 0.1) is 18.3 Å². The standard InChI is InChI=1S/C13H10N4O2/c1-8-10(3-4-18-8)12-15-13(19-16-12)11-5-9(6-14)7-17(11)2/h3-5,7H,1-2H3. The van der Waals surface area contributed by atoms with E-state index in [0.717, 1.165) is 11.3 Å². The Kier molecular flexibility index (Phi) is 2.46. The molecule has 0 amide bonds. The van der Waals surface area contributed by atoms with Gasteiger partial charge in [0, 0.05) is 13.2 Å². The molecule has 3 heterocycles. The number of hydrogen-bond donors (Lipinski definition) is 0. The summed E-state index contributed by atoms with van der Waals surface area (Å²) in [4.78, 5) is 4.32. The lowest BCUT2D eigenvalue weighted by Crippen LogP contribution is -1.89. The van der Waals surface area contributed by atoms with E-state index in [9.17, 15) is 0 Å². The smallest absolute Gasteiger partial charge is 0.274 e. The van der Waals surface area contributed by atoms with Crippen LogP contribution in [0.2, 0.25) is 0 Å². The highest BCUT2D eigenvalue weighted by Crippen LogP contribution is 2.25. The average Bonchev–Trinajstić information content (AvgIpc) is 3.07. The molecule has 6 nitrogen and oxygen atoms in total. The van der Waals surface area contributed by atoms with Crippen LogP contribution in [0.5, 0.6) is 0 Å². The third-order valence-corrected chi connectivity index (χ3v) is 2.88. The highest BCUT2D eigenvalue weighted by atomic mass is 16.5. The number of hydrogen-bond acceptors (Lipinski definition) is 5. The van der Waals surface area contributed by atoms with E-state index in [0.29, 0.717) is 23.0 Å². The molecule has 0 saturated heterocycles. The summed E-state index contributed by atoms with van der Waals surface area (Å²) < 4.78 is 12.2. The second-order valence-corrected chi connectivity index (χ2v) is 4.15. The van der Waals surface area contributed by atoms with Gasteiger partial charge in [-0.2, -0.15) is 10.2 Å². The van der Waals surface area contributed by atoms with Crippen LogP contribution in [0.3, 0.4) is 0 Å². The van der Waals surface area contributed by atoms with Crippen molar-refractivity contribution < 1.29 is 8.94 Å². The van der Waals surface area contributed by atoms with Crippen LogP contribution >= 0.6 is 0 Å². The molecule has 6 heteroatoms. The SMILES string of the molecule is Cc1occc1-c1noc(-c2cc(C#N)cn2C)n1. The van der Waals surface area contributed by atoms with Crippen LogP contribution in [0.1, 0.15) is 11.3 Å². The van der Waals surface area contributed by atoms with Gasteiger partial charge in [0.15, 0.2) is 0 Å². The van der Waals surface area contributed by atoms with Crippen molar-refractivity contribution >= 4 is 0 Å². The van der Waals surface area contributed by atoms with Gasteiger partial charge >= 0.3 is 0 Å². The van der Waals surface area contributed by atoms with E-state index in [1.165, 1.54) is 0 Å². The van der Waals surface area contributed by atoms with Crippen LogP contribution in [0.25, 0.3) is 23.0 Å². The van der Waals surface area contributed by atoms with Crippen LogP contribution < -0.4 is 0 Å². The Morgan fingerprint density at radius 3 is 2.89 bits per heavy atom. The summed E-state index contributed by atoms with van der Waals surface area (Å²) in [5.41, 5.74) is 2.05. The average molecular weight is 254 g/mol. The number of nitrogens with zero attached hydrogens (tertiary/aromatic N) is 4. The number of rotatable bonds is 2. The quantitative estimate of drug-likeness (QED) is 0.701. The number of furan rings is 1. The first kappa shape index (κ1) is 11.3. The van der Waals surface area contributed by atoms with Crippen LogP contribution in [0.4, 0.5) is 0 Å². The number of aryl methyl sites for hydroxylation is 2. The van der Waals surface area contributed by atoms with Crippen molar-refractivity contribution in [3.05, 3.63) is 35.9 Å². The Balaban J connectivity index is 2.04. The monoisotopic (exact) mass is 254 g/mol. The van der Waals surface area contributed by atoms with Gasteiger partial charge in [0.05, 0.1) is 17.4 Å². The van der Waals surface area contributed by atoms with Gasteiger partial charge in [0.2, 0.25) is 5.82 Å². The molecule has 0 aromatic carbocycles. The molecule has 0 N–H and O–H groups in total. The van der Waals surface area contributed by atoms with E-state index in [4.69, 9.17) is 14.2 Å². The van der Waals surface area contributed by atoms with Gasteiger partial charge in [-0.1, -0.05) is 5.16 Å². The topological polar surface area (TPSA) is 80.8 Å². The van der Waals surface area contributed by atoms with Crippen molar-refractivity contribution in [2.75, 3.05) is 0 Å². The highest BCUT2D eigenvalue weighted by molar-refractivity contribution is 5.60. The fourth-order valence-electron chi connectivity index (χ4n) is 1.89. The van der Waals surface area contributed by atoms with Gasteiger partial charge in [0.1, 0.15) is 17.5 Å². The lowest BCUT2D eigenvalue weighted by Gasteiger charge is -1.94. The normalized spacial score (nSPS) is 10.6. The summed E-state index contributed by atoms with van der Waals surface area (Å²) >= 11 is 0. The molecule has 3 aromatic rings. The van der Waals surface area contributed by atoms with Crippen LogP contribution in [-0.2, 0) is 7.05 Å². The van der Waals surface area contributed by atoms with E-state index in [1.807, 2.05) is 14.0 Å². The molecule has 0 aliphatic carbocycles. The molecule has 0 radical (unpaired) electrons. The molecule has 3 aromatic heterocycles. The lowest BCUT2D eigenvalue weighted by atomic mass is 10.2. The van der Waals surface area contributed by atoms with Crippen molar-refractivity contribution in [2.45, 2.75) is 6.92 Å².